The Kier molecular flexibility index (Phi) is 3.52. The molecule has 98 valence electrons. The van der Waals surface area contributed by atoms with Gasteiger partial charge in [0.2, 0.25) is 0 Å². The number of anilines is 1. The van der Waals surface area contributed by atoms with Crippen LogP contribution < -0.4 is 4.90 Å². The highest BCUT2D eigenvalue weighted by atomic mass is 79.9. The largest absolute Gasteiger partial charge is 0.352 e. The number of hydrogen-bond acceptors (Lipinski definition) is 4. The van der Waals surface area contributed by atoms with Crippen LogP contribution in [0.2, 0.25) is 0 Å². The van der Waals surface area contributed by atoms with Crippen LogP contribution in [0.4, 0.5) is 5.82 Å². The first kappa shape index (κ1) is 12.4. The maximum Gasteiger partial charge on any atom is 0.146 e. The van der Waals surface area contributed by atoms with Crippen LogP contribution in [0.25, 0.3) is 0 Å². The lowest BCUT2D eigenvalue weighted by Gasteiger charge is -2.47. The van der Waals surface area contributed by atoms with E-state index < -0.39 is 0 Å². The number of hydrogen-bond donors (Lipinski definition) is 0. The Balaban J connectivity index is 1.86. The van der Waals surface area contributed by atoms with E-state index in [1.54, 1.807) is 6.33 Å². The molecule has 1 aromatic heterocycles. The van der Waals surface area contributed by atoms with E-state index in [2.05, 4.69) is 42.7 Å². The lowest BCUT2D eigenvalue weighted by Crippen LogP contribution is -2.53. The van der Waals surface area contributed by atoms with Gasteiger partial charge < -0.3 is 9.80 Å². The van der Waals surface area contributed by atoms with Gasteiger partial charge in [-0.1, -0.05) is 0 Å². The summed E-state index contributed by atoms with van der Waals surface area (Å²) in [7, 11) is 2.23. The Labute approximate surface area is 117 Å². The van der Waals surface area contributed by atoms with Gasteiger partial charge >= 0.3 is 0 Å². The number of piperidine rings is 2. The van der Waals surface area contributed by atoms with Crippen LogP contribution >= 0.6 is 15.9 Å². The van der Waals surface area contributed by atoms with Gasteiger partial charge in [0.15, 0.2) is 0 Å². The van der Waals surface area contributed by atoms with E-state index in [1.807, 2.05) is 6.20 Å². The molecule has 0 amide bonds. The molecule has 2 aliphatic heterocycles. The third kappa shape index (κ3) is 2.26. The molecular formula is C13H19BrN4. The zero-order chi connectivity index (χ0) is 12.5. The molecule has 0 aliphatic carbocycles. The summed E-state index contributed by atoms with van der Waals surface area (Å²) in [6, 6.07) is 0.654. The van der Waals surface area contributed by atoms with Crippen molar-refractivity contribution in [3.05, 3.63) is 17.0 Å². The minimum Gasteiger partial charge on any atom is -0.352 e. The Morgan fingerprint density at radius 2 is 2.22 bits per heavy atom. The van der Waals surface area contributed by atoms with E-state index in [-0.39, 0.29) is 0 Å². The van der Waals surface area contributed by atoms with Gasteiger partial charge in [-0.05, 0) is 54.7 Å². The summed E-state index contributed by atoms with van der Waals surface area (Å²) in [6.07, 6.45) is 7.37. The van der Waals surface area contributed by atoms with Crippen LogP contribution in [0.15, 0.2) is 17.0 Å². The molecule has 0 unspecified atom stereocenters. The van der Waals surface area contributed by atoms with Crippen molar-refractivity contribution in [3.8, 4) is 0 Å². The van der Waals surface area contributed by atoms with E-state index in [0.29, 0.717) is 6.04 Å². The van der Waals surface area contributed by atoms with Gasteiger partial charge in [0, 0.05) is 25.3 Å². The van der Waals surface area contributed by atoms with Crippen LogP contribution in [-0.2, 0) is 0 Å². The third-order valence-electron chi connectivity index (χ3n) is 4.19. The second-order valence-corrected chi connectivity index (χ2v) is 6.26. The summed E-state index contributed by atoms with van der Waals surface area (Å²) in [6.45, 7) is 3.55. The van der Waals surface area contributed by atoms with Crippen LogP contribution in [0, 0.1) is 5.92 Å². The molecule has 2 aliphatic rings. The fourth-order valence-corrected chi connectivity index (χ4v) is 3.81. The third-order valence-corrected chi connectivity index (χ3v) is 4.75. The van der Waals surface area contributed by atoms with Crippen LogP contribution in [0.3, 0.4) is 0 Å². The Bertz CT molecular complexity index is 425. The predicted molar refractivity (Wildman–Crippen MR) is 75.7 cm³/mol. The van der Waals surface area contributed by atoms with E-state index in [4.69, 9.17) is 0 Å². The minimum absolute atomic E-state index is 0.654. The van der Waals surface area contributed by atoms with Crippen LogP contribution in [-0.4, -0.2) is 47.6 Å². The van der Waals surface area contributed by atoms with Gasteiger partial charge in [0.05, 0.1) is 4.47 Å². The van der Waals surface area contributed by atoms with Gasteiger partial charge in [-0.3, -0.25) is 0 Å². The fraction of sp³-hybridized carbons (Fsp3) is 0.692. The lowest BCUT2D eigenvalue weighted by molar-refractivity contribution is 0.154. The first-order chi connectivity index (χ1) is 8.75. The zero-order valence-corrected chi connectivity index (χ0v) is 12.3. The molecule has 18 heavy (non-hydrogen) atoms. The lowest BCUT2D eigenvalue weighted by atomic mass is 9.84. The van der Waals surface area contributed by atoms with Crippen molar-refractivity contribution in [2.75, 3.05) is 31.6 Å². The van der Waals surface area contributed by atoms with Crippen LogP contribution in [0.5, 0.6) is 0 Å². The van der Waals surface area contributed by atoms with E-state index in [9.17, 15) is 0 Å². The molecule has 0 radical (unpaired) electrons. The summed E-state index contributed by atoms with van der Waals surface area (Å²) >= 11 is 3.58. The van der Waals surface area contributed by atoms with Crippen molar-refractivity contribution in [1.82, 2.24) is 14.9 Å². The number of likely N-dealkylation sites (tertiary alicyclic amines) is 1. The molecule has 1 aromatic rings. The quantitative estimate of drug-likeness (QED) is 0.795. The number of nitrogens with zero attached hydrogens (tertiary/aromatic N) is 4. The molecular weight excluding hydrogens is 292 g/mol. The topological polar surface area (TPSA) is 32.3 Å². The Morgan fingerprint density at radius 1 is 1.33 bits per heavy atom. The van der Waals surface area contributed by atoms with Gasteiger partial charge in [0.25, 0.3) is 0 Å². The van der Waals surface area contributed by atoms with Gasteiger partial charge in [-0.15, -0.1) is 0 Å². The Hall–Kier alpha value is -0.680. The van der Waals surface area contributed by atoms with Gasteiger partial charge in [0.1, 0.15) is 12.1 Å². The molecule has 2 atom stereocenters. The number of aromatic nitrogens is 2. The Morgan fingerprint density at radius 3 is 3.06 bits per heavy atom. The number of rotatable bonds is 1. The molecule has 0 N–H and O–H groups in total. The van der Waals surface area contributed by atoms with Crippen molar-refractivity contribution >= 4 is 21.7 Å². The fourth-order valence-electron chi connectivity index (χ4n) is 3.37. The molecule has 4 nitrogen and oxygen atoms in total. The summed E-state index contributed by atoms with van der Waals surface area (Å²) < 4.78 is 1.02. The summed E-state index contributed by atoms with van der Waals surface area (Å²) in [5.74, 6) is 1.86. The van der Waals surface area contributed by atoms with E-state index >= 15 is 0 Å². The summed E-state index contributed by atoms with van der Waals surface area (Å²) in [4.78, 5) is 13.5. The van der Waals surface area contributed by atoms with Crippen molar-refractivity contribution in [2.24, 2.45) is 5.92 Å². The second kappa shape index (κ2) is 5.13. The molecule has 0 aromatic carbocycles. The molecule has 0 spiro atoms. The minimum atomic E-state index is 0.654. The highest BCUT2D eigenvalue weighted by Crippen LogP contribution is 2.35. The highest BCUT2D eigenvalue weighted by molar-refractivity contribution is 9.10. The average molecular weight is 311 g/mol. The average Bonchev–Trinajstić information content (AvgIpc) is 2.38. The highest BCUT2D eigenvalue weighted by Gasteiger charge is 2.36. The van der Waals surface area contributed by atoms with Crippen LogP contribution in [0.1, 0.15) is 19.3 Å². The monoisotopic (exact) mass is 310 g/mol. The SMILES string of the molecule is CN1CC[C@@H]2[C@H](CCCN2c2ncncc2Br)C1. The molecule has 0 bridgehead atoms. The smallest absolute Gasteiger partial charge is 0.146 e. The van der Waals surface area contributed by atoms with Crippen molar-refractivity contribution in [1.29, 1.82) is 0 Å². The predicted octanol–water partition coefficient (Wildman–Crippen LogP) is 2.16. The molecule has 2 saturated heterocycles. The van der Waals surface area contributed by atoms with E-state index in [1.165, 1.54) is 32.4 Å². The van der Waals surface area contributed by atoms with Crippen molar-refractivity contribution < 1.29 is 0 Å². The maximum absolute atomic E-state index is 4.47. The van der Waals surface area contributed by atoms with E-state index in [0.717, 1.165) is 22.8 Å². The maximum atomic E-state index is 4.47. The first-order valence-electron chi connectivity index (χ1n) is 6.66. The standard InChI is InChI=1S/C13H19BrN4/c1-17-6-4-12-10(8-17)3-2-5-18(12)13-11(14)7-15-9-16-13/h7,9-10,12H,2-6,8H2,1H3/t10-,12-/m1/s1. The van der Waals surface area contributed by atoms with Crippen molar-refractivity contribution in [2.45, 2.75) is 25.3 Å². The number of fused-ring (bicyclic) bond motifs is 1. The zero-order valence-electron chi connectivity index (χ0n) is 10.7. The molecule has 3 rings (SSSR count). The molecule has 3 heterocycles. The van der Waals surface area contributed by atoms with Gasteiger partial charge in [-0.2, -0.15) is 0 Å². The molecule has 2 fully saturated rings. The molecule has 0 saturated carbocycles. The van der Waals surface area contributed by atoms with Gasteiger partial charge in [-0.25, -0.2) is 9.97 Å². The van der Waals surface area contributed by atoms with Crippen molar-refractivity contribution in [3.63, 3.8) is 0 Å². The summed E-state index contributed by atoms with van der Waals surface area (Å²) in [5, 5.41) is 0. The number of halogens is 1. The first-order valence-corrected chi connectivity index (χ1v) is 7.45. The normalized spacial score (nSPS) is 29.1. The summed E-state index contributed by atoms with van der Waals surface area (Å²) in [5.41, 5.74) is 0. The second-order valence-electron chi connectivity index (χ2n) is 5.41. The molecule has 5 heteroatoms.